The number of hydrogen-bond donors (Lipinski definition) is 0. The van der Waals surface area contributed by atoms with Crippen molar-refractivity contribution in [3.05, 3.63) is 367 Å². The van der Waals surface area contributed by atoms with E-state index in [1.54, 1.807) is 0 Å². The molecule has 42 heteroatoms. The van der Waals surface area contributed by atoms with Crippen LogP contribution in [0.15, 0.2) is 367 Å². The van der Waals surface area contributed by atoms with Crippen LogP contribution in [0.2, 0.25) is 0 Å². The van der Waals surface area contributed by atoms with Gasteiger partial charge in [-0.15, -0.1) is 0 Å². The molecular formula is C108H168F6N12O18Sb6. The van der Waals surface area contributed by atoms with Gasteiger partial charge in [0.25, 0.3) is 0 Å². The Morgan fingerprint density at radius 3 is 0.213 bits per heavy atom. The molecule has 840 valence electrons. The first-order valence-electron chi connectivity index (χ1n) is 50.8. The molecule has 0 unspecified atom stereocenters. The van der Waals surface area contributed by atoms with Gasteiger partial charge in [0.1, 0.15) is 78.5 Å². The van der Waals surface area contributed by atoms with E-state index in [4.69, 9.17) is 58.7 Å². The van der Waals surface area contributed by atoms with Crippen LogP contribution in [0.1, 0.15) is 237 Å². The van der Waals surface area contributed by atoms with E-state index in [9.17, 15) is 16.9 Å². The molecule has 12 aromatic rings. The predicted octanol–water partition coefficient (Wildman–Crippen LogP) is 6.55. The van der Waals surface area contributed by atoms with Crippen molar-refractivity contribution in [1.82, 2.24) is 0 Å². The summed E-state index contributed by atoms with van der Waals surface area (Å²) in [5.41, 5.74) is 0. The molecule has 0 aliphatic rings. The zero-order chi connectivity index (χ0) is 114. The normalized spacial score (nSPS) is 10.1. The predicted molar refractivity (Wildman–Crippen MR) is 544 cm³/mol. The Bertz CT molecular complexity index is 4000. The third kappa shape index (κ3) is 147. The van der Waals surface area contributed by atoms with Crippen molar-refractivity contribution in [2.24, 2.45) is 0 Å². The molecule has 0 fully saturated rings. The monoisotopic (exact) mass is 2760 g/mol. The van der Waals surface area contributed by atoms with Gasteiger partial charge in [0.2, 0.25) is 0 Å². The van der Waals surface area contributed by atoms with Gasteiger partial charge in [-0.3, -0.25) is 0 Å². The van der Waals surface area contributed by atoms with Gasteiger partial charge in [-0.1, -0.05) is 233 Å². The SMILES string of the molecule is CCCC[n+]1ccccc1.CCCC[n+]1ccccc1.CCCC[n+]1ccccc1.CCCC[n+]1ccccc1.CCCC[n+]1ccccc1.CCCC[n+]1ccccc1.CCCC[n+]1ccccc1.CCCC[n+]1ccccc1.CCCC[n+]1ccccc1.CCCC[n+]1ccccc1.CCCC[n+]1ccccc1.CCCC[n+]1ccccc1.[O]=[Sb]([O-])([O-])[F].[O]=[Sb]([O-])([O-])[F].[O]=[Sb]([O-])([O-])[F].[O]=[Sb]([O-])([O-])[F].[O]=[Sb]([O-])([O-])[F].[O]=[Sb]([O-])([O-])[F]. The van der Waals surface area contributed by atoms with Gasteiger partial charge in [-0.2, -0.15) is 0 Å². The van der Waals surface area contributed by atoms with E-state index >= 15 is 0 Å². The van der Waals surface area contributed by atoms with Gasteiger partial charge in [-0.25, -0.2) is 54.8 Å². The van der Waals surface area contributed by atoms with Gasteiger partial charge < -0.3 is 0 Å². The van der Waals surface area contributed by atoms with Gasteiger partial charge in [0.05, 0.1) is 0 Å². The van der Waals surface area contributed by atoms with Gasteiger partial charge >= 0.3 is 197 Å². The van der Waals surface area contributed by atoms with Crippen LogP contribution in [0.3, 0.4) is 0 Å². The average Bonchev–Trinajstić information content (AvgIpc) is 1.02. The third-order valence-electron chi connectivity index (χ3n) is 18.6. The second kappa shape index (κ2) is 109. The number of aryl methyl sites for hydroxylation is 12. The fourth-order valence-electron chi connectivity index (χ4n) is 11.1. The number of nitrogens with zero attached hydrogens (tertiary/aromatic N) is 12. The molecule has 30 nitrogen and oxygen atoms in total. The summed E-state index contributed by atoms with van der Waals surface area (Å²) >= 11 is -38.1. The fourth-order valence-corrected chi connectivity index (χ4v) is 11.1. The van der Waals surface area contributed by atoms with Crippen LogP contribution in [0.25, 0.3) is 0 Å². The Hall–Kier alpha value is -7.39. The summed E-state index contributed by atoms with van der Waals surface area (Å²) in [4.78, 5) is 0. The summed E-state index contributed by atoms with van der Waals surface area (Å²) in [6.07, 6.45) is 81.0. The molecule has 0 saturated heterocycles. The molecule has 0 bridgehead atoms. The number of unbranched alkanes of at least 4 members (excludes halogenated alkanes) is 12. The van der Waals surface area contributed by atoms with Gasteiger partial charge in [0.15, 0.2) is 149 Å². The zero-order valence-electron chi connectivity index (χ0n) is 89.8. The Morgan fingerprint density at radius 1 is 0.127 bits per heavy atom. The van der Waals surface area contributed by atoms with Crippen molar-refractivity contribution < 1.29 is 130 Å². The molecule has 12 aromatic heterocycles. The van der Waals surface area contributed by atoms with Crippen LogP contribution < -0.4 is 95.4 Å². The maximum absolute atomic E-state index is 10.2. The molecular weight excluding hydrogens is 2600 g/mol. The third-order valence-corrected chi connectivity index (χ3v) is 18.6. The van der Waals surface area contributed by atoms with Crippen molar-refractivity contribution >= 4 is 121 Å². The van der Waals surface area contributed by atoms with Crippen molar-refractivity contribution in [2.45, 2.75) is 316 Å². The topological polar surface area (TPSA) is 426 Å². The van der Waals surface area contributed by atoms with Crippen LogP contribution in [-0.4, -0.2) is 121 Å². The summed E-state index contributed by atoms with van der Waals surface area (Å²) in [6.45, 7) is 40.3. The van der Waals surface area contributed by atoms with Crippen LogP contribution in [0.5, 0.6) is 0 Å². The Kier molecular flexibility index (Phi) is 111. The molecule has 0 spiro atoms. The summed E-state index contributed by atoms with van der Waals surface area (Å²) in [5.74, 6) is 0. The summed E-state index contributed by atoms with van der Waals surface area (Å²) in [6, 6.07) is 74.1. The Labute approximate surface area is 925 Å². The van der Waals surface area contributed by atoms with Crippen LogP contribution in [-0.2, 0) is 96.6 Å². The number of pyridine rings is 12. The first kappa shape index (κ1) is 153. The quantitative estimate of drug-likeness (QED) is 0.0228. The van der Waals surface area contributed by atoms with E-state index in [0.29, 0.717) is 0 Å². The van der Waals surface area contributed by atoms with Gasteiger partial charge in [0, 0.05) is 223 Å². The second-order valence-corrected chi connectivity index (χ2v) is 46.9. The minimum absolute atomic E-state index is 1.15. The number of hydrogen-bond acceptors (Lipinski definition) is 18. The number of halogens is 6. The van der Waals surface area contributed by atoms with E-state index < -0.39 is 121 Å². The van der Waals surface area contributed by atoms with E-state index in [2.05, 4.69) is 432 Å². The molecule has 0 aromatic carbocycles. The second-order valence-electron chi connectivity index (χ2n) is 32.2. The molecule has 12 rings (SSSR count). The Balaban J connectivity index is -0.000000368. The molecule has 12 heterocycles. The molecule has 0 atom stereocenters. The van der Waals surface area contributed by atoms with Crippen molar-refractivity contribution in [2.75, 3.05) is 0 Å². The average molecular weight is 2770 g/mol. The standard InChI is InChI=1S/12C9H14N.6FH.18O.6Sb/c12*1-2-3-7-10-8-5-4-6-9-10;;;;;;;;;;;;;;;;;;;;;;;;;;;;;;/h12*4-6,8-9H,2-3,7H2,1H3;6*1H;;;;;;;;;;;;;;;;;;;;;;;;/q12*+1;;;;;;;;;;;;;12*-1;6*+1/p-6. The van der Waals surface area contributed by atoms with Crippen molar-refractivity contribution in [1.29, 1.82) is 0 Å². The van der Waals surface area contributed by atoms with E-state index in [-0.39, 0.29) is 0 Å². The molecule has 0 amide bonds. The summed E-state index contributed by atoms with van der Waals surface area (Å²) in [7, 11) is 0. The van der Waals surface area contributed by atoms with Crippen LogP contribution in [0.4, 0.5) is 16.9 Å². The fraction of sp³-hybridized carbons (Fsp3) is 0.444. The maximum atomic E-state index is 10.2. The number of rotatable bonds is 36. The first-order valence-corrected chi connectivity index (χ1v) is 75.3. The minimum atomic E-state index is -6.35. The van der Waals surface area contributed by atoms with Crippen molar-refractivity contribution in [3.8, 4) is 0 Å². The Morgan fingerprint density at radius 2 is 0.173 bits per heavy atom. The summed E-state index contributed by atoms with van der Waals surface area (Å²) < 4.78 is 241. The molecule has 150 heavy (non-hydrogen) atoms. The van der Waals surface area contributed by atoms with Crippen molar-refractivity contribution in [3.63, 3.8) is 0 Å². The molecule has 0 aliphatic carbocycles. The van der Waals surface area contributed by atoms with Crippen LogP contribution >= 0.6 is 0 Å². The zero-order valence-corrected chi connectivity index (χ0v) is 105. The number of aromatic nitrogens is 12. The van der Waals surface area contributed by atoms with E-state index in [1.165, 1.54) is 154 Å². The van der Waals surface area contributed by atoms with E-state index in [1.807, 2.05) is 72.8 Å². The van der Waals surface area contributed by atoms with E-state index in [0.717, 1.165) is 78.5 Å². The first-order chi connectivity index (χ1) is 71.2. The van der Waals surface area contributed by atoms with Crippen LogP contribution in [0, 0.1) is 0 Å². The molecule has 0 radical (unpaired) electrons. The molecule has 0 aliphatic heterocycles. The summed E-state index contributed by atoms with van der Waals surface area (Å²) in [5, 5.41) is 0. The molecule has 0 saturated carbocycles. The van der Waals surface area contributed by atoms with Gasteiger partial charge in [-0.05, 0) is 0 Å². The molecule has 0 N–H and O–H groups in total.